The highest BCUT2D eigenvalue weighted by Gasteiger charge is 2.15. The largest absolute Gasteiger partial charge is 0.320 e. The van der Waals surface area contributed by atoms with Crippen LogP contribution in [0.5, 0.6) is 0 Å². The first-order valence-electron chi connectivity index (χ1n) is 4.41. The minimum atomic E-state index is -0.167. The standard InChI is InChI=1S/C11H9BrClNS/c12-9-6-15-5-8(9)11(14)7-3-1-2-4-10(7)13/h1-6,11H,14H2. The Labute approximate surface area is 106 Å². The SMILES string of the molecule is NC(c1ccccc1Cl)c1cscc1Br. The molecule has 1 aromatic carbocycles. The Balaban J connectivity index is 2.41. The van der Waals surface area contributed by atoms with E-state index in [0.29, 0.717) is 5.02 Å². The van der Waals surface area contributed by atoms with Crippen LogP contribution in [0.4, 0.5) is 0 Å². The zero-order valence-electron chi connectivity index (χ0n) is 7.78. The minimum absolute atomic E-state index is 0.167. The van der Waals surface area contributed by atoms with Crippen LogP contribution in [-0.2, 0) is 0 Å². The first-order chi connectivity index (χ1) is 7.20. The Morgan fingerprint density at radius 2 is 1.93 bits per heavy atom. The van der Waals surface area contributed by atoms with E-state index < -0.39 is 0 Å². The predicted octanol–water partition coefficient (Wildman–Crippen LogP) is 4.21. The number of hydrogen-bond donors (Lipinski definition) is 1. The first kappa shape index (κ1) is 11.1. The van der Waals surface area contributed by atoms with Crippen LogP contribution in [0.2, 0.25) is 5.02 Å². The van der Waals surface area contributed by atoms with E-state index in [0.717, 1.165) is 15.6 Å². The number of nitrogens with two attached hydrogens (primary N) is 1. The summed E-state index contributed by atoms with van der Waals surface area (Å²) < 4.78 is 1.04. The molecule has 4 heteroatoms. The van der Waals surface area contributed by atoms with E-state index in [-0.39, 0.29) is 6.04 Å². The molecule has 0 saturated carbocycles. The molecular formula is C11H9BrClNS. The van der Waals surface area contributed by atoms with Crippen molar-refractivity contribution in [2.45, 2.75) is 6.04 Å². The van der Waals surface area contributed by atoms with Crippen LogP contribution in [0.1, 0.15) is 17.2 Å². The molecule has 0 radical (unpaired) electrons. The zero-order chi connectivity index (χ0) is 10.8. The highest BCUT2D eigenvalue weighted by molar-refractivity contribution is 9.10. The molecule has 1 unspecified atom stereocenters. The summed E-state index contributed by atoms with van der Waals surface area (Å²) in [4.78, 5) is 0. The maximum Gasteiger partial charge on any atom is 0.0585 e. The summed E-state index contributed by atoms with van der Waals surface area (Å²) in [6.07, 6.45) is 0. The van der Waals surface area contributed by atoms with Gasteiger partial charge in [0, 0.05) is 14.9 Å². The quantitative estimate of drug-likeness (QED) is 0.883. The number of halogens is 2. The summed E-state index contributed by atoms with van der Waals surface area (Å²) in [5.41, 5.74) is 8.19. The van der Waals surface area contributed by atoms with Gasteiger partial charge in [0.2, 0.25) is 0 Å². The van der Waals surface area contributed by atoms with E-state index in [2.05, 4.69) is 15.9 Å². The van der Waals surface area contributed by atoms with Crippen LogP contribution >= 0.6 is 38.9 Å². The molecule has 78 valence electrons. The van der Waals surface area contributed by atoms with Crippen molar-refractivity contribution in [2.24, 2.45) is 5.73 Å². The molecule has 0 bridgehead atoms. The summed E-state index contributed by atoms with van der Waals surface area (Å²) >= 11 is 11.2. The number of hydrogen-bond acceptors (Lipinski definition) is 2. The average Bonchev–Trinajstić information content (AvgIpc) is 2.64. The van der Waals surface area contributed by atoms with Gasteiger partial charge < -0.3 is 5.73 Å². The van der Waals surface area contributed by atoms with Crippen molar-refractivity contribution in [2.75, 3.05) is 0 Å². The summed E-state index contributed by atoms with van der Waals surface area (Å²) in [6.45, 7) is 0. The topological polar surface area (TPSA) is 26.0 Å². The van der Waals surface area contributed by atoms with Crippen molar-refractivity contribution >= 4 is 38.9 Å². The van der Waals surface area contributed by atoms with Gasteiger partial charge in [-0.2, -0.15) is 11.3 Å². The monoisotopic (exact) mass is 301 g/mol. The molecule has 0 saturated heterocycles. The van der Waals surface area contributed by atoms with Crippen LogP contribution in [0.25, 0.3) is 0 Å². The molecule has 0 amide bonds. The smallest absolute Gasteiger partial charge is 0.0585 e. The van der Waals surface area contributed by atoms with Crippen molar-refractivity contribution in [3.05, 3.63) is 55.6 Å². The molecule has 1 atom stereocenters. The van der Waals surface area contributed by atoms with E-state index in [4.69, 9.17) is 17.3 Å². The van der Waals surface area contributed by atoms with Gasteiger partial charge in [-0.15, -0.1) is 0 Å². The summed E-state index contributed by atoms with van der Waals surface area (Å²) in [6, 6.07) is 7.50. The van der Waals surface area contributed by atoms with Gasteiger partial charge in [0.05, 0.1) is 6.04 Å². The molecule has 0 aliphatic rings. The molecule has 2 aromatic rings. The fourth-order valence-electron chi connectivity index (χ4n) is 1.41. The molecule has 1 nitrogen and oxygen atoms in total. The van der Waals surface area contributed by atoms with E-state index in [1.165, 1.54) is 0 Å². The number of benzene rings is 1. The van der Waals surface area contributed by atoms with E-state index in [9.17, 15) is 0 Å². The third-order valence-electron chi connectivity index (χ3n) is 2.22. The lowest BCUT2D eigenvalue weighted by atomic mass is 10.0. The maximum atomic E-state index is 6.15. The molecule has 0 aliphatic heterocycles. The van der Waals surface area contributed by atoms with Crippen LogP contribution < -0.4 is 5.73 Å². The third-order valence-corrected chi connectivity index (χ3v) is 4.31. The van der Waals surface area contributed by atoms with Crippen molar-refractivity contribution < 1.29 is 0 Å². The molecule has 15 heavy (non-hydrogen) atoms. The van der Waals surface area contributed by atoms with Crippen molar-refractivity contribution in [3.63, 3.8) is 0 Å². The third kappa shape index (κ3) is 2.26. The van der Waals surface area contributed by atoms with Gasteiger partial charge in [0.15, 0.2) is 0 Å². The lowest BCUT2D eigenvalue weighted by molar-refractivity contribution is 0.872. The zero-order valence-corrected chi connectivity index (χ0v) is 10.9. The second kappa shape index (κ2) is 4.66. The van der Waals surface area contributed by atoms with Crippen LogP contribution in [0.15, 0.2) is 39.5 Å². The average molecular weight is 303 g/mol. The predicted molar refractivity (Wildman–Crippen MR) is 69.5 cm³/mol. The Morgan fingerprint density at radius 3 is 2.53 bits per heavy atom. The molecule has 0 fully saturated rings. The van der Waals surface area contributed by atoms with E-state index >= 15 is 0 Å². The lowest BCUT2D eigenvalue weighted by Gasteiger charge is -2.12. The Hall–Kier alpha value is -0.350. The Bertz CT molecular complexity index is 469. The normalized spacial score (nSPS) is 12.7. The van der Waals surface area contributed by atoms with Gasteiger partial charge in [-0.1, -0.05) is 29.8 Å². The van der Waals surface area contributed by atoms with Crippen LogP contribution in [0, 0.1) is 0 Å². The van der Waals surface area contributed by atoms with E-state index in [1.54, 1.807) is 11.3 Å². The summed E-state index contributed by atoms with van der Waals surface area (Å²) in [5.74, 6) is 0. The van der Waals surface area contributed by atoms with Gasteiger partial charge in [-0.3, -0.25) is 0 Å². The van der Waals surface area contributed by atoms with Gasteiger partial charge in [-0.25, -0.2) is 0 Å². The van der Waals surface area contributed by atoms with Crippen molar-refractivity contribution in [1.82, 2.24) is 0 Å². The van der Waals surface area contributed by atoms with Gasteiger partial charge in [0.25, 0.3) is 0 Å². The van der Waals surface area contributed by atoms with Crippen LogP contribution in [0.3, 0.4) is 0 Å². The number of thiophene rings is 1. The first-order valence-corrected chi connectivity index (χ1v) is 6.53. The fraction of sp³-hybridized carbons (Fsp3) is 0.0909. The highest BCUT2D eigenvalue weighted by atomic mass is 79.9. The molecule has 0 aliphatic carbocycles. The molecule has 2 N–H and O–H groups in total. The number of rotatable bonds is 2. The lowest BCUT2D eigenvalue weighted by Crippen LogP contribution is -2.11. The fourth-order valence-corrected chi connectivity index (χ4v) is 3.24. The molecule has 0 spiro atoms. The molecular weight excluding hydrogens is 294 g/mol. The van der Waals surface area contributed by atoms with Gasteiger partial charge in [-0.05, 0) is 38.5 Å². The highest BCUT2D eigenvalue weighted by Crippen LogP contribution is 2.32. The second-order valence-electron chi connectivity index (χ2n) is 3.17. The Kier molecular flexibility index (Phi) is 3.46. The van der Waals surface area contributed by atoms with Crippen molar-refractivity contribution in [1.29, 1.82) is 0 Å². The summed E-state index contributed by atoms with van der Waals surface area (Å²) in [5, 5.41) is 4.77. The van der Waals surface area contributed by atoms with E-state index in [1.807, 2.05) is 35.0 Å². The van der Waals surface area contributed by atoms with Crippen molar-refractivity contribution in [3.8, 4) is 0 Å². The molecule has 2 rings (SSSR count). The maximum absolute atomic E-state index is 6.15. The van der Waals surface area contributed by atoms with Gasteiger partial charge in [0.1, 0.15) is 0 Å². The second-order valence-corrected chi connectivity index (χ2v) is 5.18. The van der Waals surface area contributed by atoms with Gasteiger partial charge >= 0.3 is 0 Å². The molecule has 1 aromatic heterocycles. The molecule has 1 heterocycles. The Morgan fingerprint density at radius 1 is 1.20 bits per heavy atom. The minimum Gasteiger partial charge on any atom is -0.320 e. The summed E-state index contributed by atoms with van der Waals surface area (Å²) in [7, 11) is 0. The van der Waals surface area contributed by atoms with Crippen LogP contribution in [-0.4, -0.2) is 0 Å².